The first-order valence-corrected chi connectivity index (χ1v) is 12.5. The molecule has 1 aliphatic heterocycles. The molecule has 186 valence electrons. The number of hydrogen-bond donors (Lipinski definition) is 1. The molecule has 4 rings (SSSR count). The number of benzene rings is 2. The van der Waals surface area contributed by atoms with Gasteiger partial charge < -0.3 is 14.8 Å². The van der Waals surface area contributed by atoms with E-state index in [1.54, 1.807) is 0 Å². The number of aromatic nitrogens is 2. The van der Waals surface area contributed by atoms with Gasteiger partial charge in [-0.2, -0.15) is 5.10 Å². The second-order valence-electron chi connectivity index (χ2n) is 9.04. The lowest BCUT2D eigenvalue weighted by molar-refractivity contribution is -0.122. The monoisotopic (exact) mass is 476 g/mol. The highest BCUT2D eigenvalue weighted by Gasteiger charge is 2.23. The lowest BCUT2D eigenvalue weighted by atomic mass is 10.1. The van der Waals surface area contributed by atoms with E-state index in [-0.39, 0.29) is 12.0 Å². The summed E-state index contributed by atoms with van der Waals surface area (Å²) < 4.78 is 13.9. The SMILES string of the molecule is CCOc1ccccc1OC1CCN(CC(=O)NCc2c(C)nn(Cc3ccccc3)c2C)CC1. The maximum atomic E-state index is 12.7. The van der Waals surface area contributed by atoms with Crippen LogP contribution in [0.25, 0.3) is 0 Å². The molecule has 2 aromatic carbocycles. The number of piperidine rings is 1. The van der Waals surface area contributed by atoms with Crippen molar-refractivity contribution in [2.24, 2.45) is 0 Å². The largest absolute Gasteiger partial charge is 0.490 e. The third-order valence-electron chi connectivity index (χ3n) is 6.51. The normalized spacial score (nSPS) is 14.6. The molecule has 0 aliphatic carbocycles. The number of nitrogens with one attached hydrogen (secondary N) is 1. The fraction of sp³-hybridized carbons (Fsp3) is 0.429. The number of ether oxygens (including phenoxy) is 2. The molecule has 0 radical (unpaired) electrons. The summed E-state index contributed by atoms with van der Waals surface area (Å²) in [6.45, 7) is 9.96. The Bertz CT molecular complexity index is 1100. The van der Waals surface area contributed by atoms with E-state index in [9.17, 15) is 4.79 Å². The van der Waals surface area contributed by atoms with Gasteiger partial charge in [-0.3, -0.25) is 14.4 Å². The Labute approximate surface area is 208 Å². The van der Waals surface area contributed by atoms with Crippen molar-refractivity contribution in [2.75, 3.05) is 26.2 Å². The van der Waals surface area contributed by atoms with Gasteiger partial charge in [0.1, 0.15) is 6.10 Å². The van der Waals surface area contributed by atoms with Crippen LogP contribution in [-0.4, -0.2) is 52.9 Å². The number of rotatable bonds is 10. The molecule has 1 amide bonds. The molecule has 7 nitrogen and oxygen atoms in total. The molecule has 0 saturated carbocycles. The van der Waals surface area contributed by atoms with Crippen molar-refractivity contribution in [3.05, 3.63) is 77.1 Å². The van der Waals surface area contributed by atoms with E-state index in [4.69, 9.17) is 14.6 Å². The van der Waals surface area contributed by atoms with Crippen LogP contribution >= 0.6 is 0 Å². The molecule has 1 fully saturated rings. The summed E-state index contributed by atoms with van der Waals surface area (Å²) >= 11 is 0. The molecular formula is C28H36N4O3. The first-order valence-electron chi connectivity index (χ1n) is 12.5. The van der Waals surface area contributed by atoms with Crippen LogP contribution in [0, 0.1) is 13.8 Å². The lowest BCUT2D eigenvalue weighted by Crippen LogP contribution is -2.43. The third kappa shape index (κ3) is 6.63. The van der Waals surface area contributed by atoms with Crippen molar-refractivity contribution in [2.45, 2.75) is 52.8 Å². The van der Waals surface area contributed by atoms with Crippen LogP contribution in [0.3, 0.4) is 0 Å². The Morgan fingerprint density at radius 1 is 1.03 bits per heavy atom. The van der Waals surface area contributed by atoms with Crippen LogP contribution < -0.4 is 14.8 Å². The fourth-order valence-electron chi connectivity index (χ4n) is 4.53. The molecule has 1 aliphatic rings. The highest BCUT2D eigenvalue weighted by atomic mass is 16.5. The molecular weight excluding hydrogens is 440 g/mol. The summed E-state index contributed by atoms with van der Waals surface area (Å²) in [6, 6.07) is 18.1. The Morgan fingerprint density at radius 2 is 1.71 bits per heavy atom. The highest BCUT2D eigenvalue weighted by molar-refractivity contribution is 5.78. The zero-order chi connectivity index (χ0) is 24.6. The van der Waals surface area contributed by atoms with E-state index < -0.39 is 0 Å². The van der Waals surface area contributed by atoms with Gasteiger partial charge in [-0.15, -0.1) is 0 Å². The van der Waals surface area contributed by atoms with Crippen LogP contribution in [0.1, 0.15) is 42.3 Å². The van der Waals surface area contributed by atoms with Gasteiger partial charge in [-0.1, -0.05) is 42.5 Å². The number of likely N-dealkylation sites (tertiary alicyclic amines) is 1. The average molecular weight is 477 g/mol. The molecule has 1 N–H and O–H groups in total. The lowest BCUT2D eigenvalue weighted by Gasteiger charge is -2.32. The summed E-state index contributed by atoms with van der Waals surface area (Å²) in [4.78, 5) is 14.9. The Kier molecular flexibility index (Phi) is 8.42. The second kappa shape index (κ2) is 11.9. The third-order valence-corrected chi connectivity index (χ3v) is 6.51. The van der Waals surface area contributed by atoms with Gasteiger partial charge in [0.2, 0.25) is 5.91 Å². The maximum absolute atomic E-state index is 12.7. The van der Waals surface area contributed by atoms with E-state index in [0.717, 1.165) is 60.9 Å². The molecule has 7 heteroatoms. The van der Waals surface area contributed by atoms with Crippen molar-refractivity contribution in [1.82, 2.24) is 20.0 Å². The minimum Gasteiger partial charge on any atom is -0.490 e. The van der Waals surface area contributed by atoms with Crippen LogP contribution in [0.15, 0.2) is 54.6 Å². The van der Waals surface area contributed by atoms with Gasteiger partial charge in [0, 0.05) is 30.9 Å². The van der Waals surface area contributed by atoms with Crippen molar-refractivity contribution in [3.8, 4) is 11.5 Å². The van der Waals surface area contributed by atoms with Crippen LogP contribution in [-0.2, 0) is 17.9 Å². The Morgan fingerprint density at radius 3 is 2.43 bits per heavy atom. The molecule has 0 atom stereocenters. The zero-order valence-corrected chi connectivity index (χ0v) is 21.0. The molecule has 1 saturated heterocycles. The second-order valence-corrected chi connectivity index (χ2v) is 9.04. The van der Waals surface area contributed by atoms with E-state index in [0.29, 0.717) is 19.7 Å². The summed E-state index contributed by atoms with van der Waals surface area (Å²) in [5.41, 5.74) is 4.36. The number of nitrogens with zero attached hydrogens (tertiary/aromatic N) is 3. The fourth-order valence-corrected chi connectivity index (χ4v) is 4.53. The van der Waals surface area contributed by atoms with Crippen molar-refractivity contribution < 1.29 is 14.3 Å². The number of hydrogen-bond acceptors (Lipinski definition) is 5. The standard InChI is InChI=1S/C28H36N4O3/c1-4-34-26-12-8-9-13-27(26)35-24-14-16-31(17-15-24)20-28(33)29-18-25-21(2)30-32(22(25)3)19-23-10-6-5-7-11-23/h5-13,24H,4,14-20H2,1-3H3,(H,29,33). The smallest absolute Gasteiger partial charge is 0.234 e. The van der Waals surface area contributed by atoms with Gasteiger partial charge in [0.05, 0.1) is 25.4 Å². The van der Waals surface area contributed by atoms with Gasteiger partial charge in [-0.05, 0) is 51.3 Å². The highest BCUT2D eigenvalue weighted by Crippen LogP contribution is 2.29. The Balaban J connectivity index is 1.23. The van der Waals surface area contributed by atoms with E-state index >= 15 is 0 Å². The van der Waals surface area contributed by atoms with Crippen LogP contribution in [0.4, 0.5) is 0 Å². The first kappa shape index (κ1) is 24.8. The molecule has 3 aromatic rings. The van der Waals surface area contributed by atoms with E-state index in [2.05, 4.69) is 29.3 Å². The van der Waals surface area contributed by atoms with E-state index in [1.165, 1.54) is 5.56 Å². The first-order chi connectivity index (χ1) is 17.0. The average Bonchev–Trinajstić information content (AvgIpc) is 3.13. The quantitative estimate of drug-likeness (QED) is 0.477. The van der Waals surface area contributed by atoms with Crippen molar-refractivity contribution >= 4 is 5.91 Å². The zero-order valence-electron chi connectivity index (χ0n) is 21.0. The minimum absolute atomic E-state index is 0.0423. The summed E-state index contributed by atoms with van der Waals surface area (Å²) in [6.07, 6.45) is 1.91. The minimum atomic E-state index is 0.0423. The predicted molar refractivity (Wildman–Crippen MR) is 137 cm³/mol. The number of carbonyl (C=O) groups excluding carboxylic acids is 1. The topological polar surface area (TPSA) is 68.6 Å². The van der Waals surface area contributed by atoms with Gasteiger partial charge in [-0.25, -0.2) is 0 Å². The van der Waals surface area contributed by atoms with Crippen LogP contribution in [0.2, 0.25) is 0 Å². The molecule has 0 unspecified atom stereocenters. The summed E-state index contributed by atoms with van der Waals surface area (Å²) in [5.74, 6) is 1.62. The molecule has 0 bridgehead atoms. The number of carbonyl (C=O) groups is 1. The molecule has 1 aromatic heterocycles. The molecule has 2 heterocycles. The number of para-hydroxylation sites is 2. The van der Waals surface area contributed by atoms with Gasteiger partial charge >= 0.3 is 0 Å². The van der Waals surface area contributed by atoms with Crippen LogP contribution in [0.5, 0.6) is 11.5 Å². The number of amides is 1. The Hall–Kier alpha value is -3.32. The van der Waals surface area contributed by atoms with Gasteiger partial charge in [0.15, 0.2) is 11.5 Å². The molecule has 0 spiro atoms. The van der Waals surface area contributed by atoms with Crippen molar-refractivity contribution in [3.63, 3.8) is 0 Å². The number of aryl methyl sites for hydroxylation is 1. The van der Waals surface area contributed by atoms with Crippen molar-refractivity contribution in [1.29, 1.82) is 0 Å². The summed E-state index contributed by atoms with van der Waals surface area (Å²) in [5, 5.41) is 7.79. The van der Waals surface area contributed by atoms with E-state index in [1.807, 2.05) is 61.0 Å². The molecule has 35 heavy (non-hydrogen) atoms. The predicted octanol–water partition coefficient (Wildman–Crippen LogP) is 4.11. The maximum Gasteiger partial charge on any atom is 0.234 e. The summed E-state index contributed by atoms with van der Waals surface area (Å²) in [7, 11) is 0. The van der Waals surface area contributed by atoms with Gasteiger partial charge in [0.25, 0.3) is 0 Å².